The lowest BCUT2D eigenvalue weighted by molar-refractivity contribution is -0.385. The van der Waals surface area contributed by atoms with Gasteiger partial charge < -0.3 is 10.1 Å². The lowest BCUT2D eigenvalue weighted by atomic mass is 10.1. The van der Waals surface area contributed by atoms with E-state index >= 15 is 0 Å². The van der Waals surface area contributed by atoms with Gasteiger partial charge in [0.25, 0.3) is 11.6 Å². The Morgan fingerprint density at radius 3 is 2.50 bits per heavy atom. The molecule has 4 rings (SSSR count). The molecular weight excluding hydrogens is 490 g/mol. The first-order valence-corrected chi connectivity index (χ1v) is 10.9. The Bertz CT molecular complexity index is 1490. The van der Waals surface area contributed by atoms with Crippen LogP contribution in [0.2, 0.25) is 5.02 Å². The number of halogens is 1. The quantitative estimate of drug-likeness (QED) is 0.236. The van der Waals surface area contributed by atoms with Gasteiger partial charge in [0.1, 0.15) is 23.9 Å². The number of nitro benzene ring substituents is 1. The molecule has 36 heavy (non-hydrogen) atoms. The fourth-order valence-electron chi connectivity index (χ4n) is 3.37. The minimum Gasteiger partial charge on any atom is -0.457 e. The van der Waals surface area contributed by atoms with Crippen LogP contribution >= 0.6 is 11.6 Å². The molecule has 182 valence electrons. The zero-order valence-corrected chi connectivity index (χ0v) is 19.5. The van der Waals surface area contributed by atoms with E-state index in [2.05, 4.69) is 10.4 Å². The molecule has 0 aliphatic carbocycles. The second-order valence-corrected chi connectivity index (χ2v) is 8.20. The molecule has 12 heteroatoms. The summed E-state index contributed by atoms with van der Waals surface area (Å²) >= 11 is 6.04. The molecule has 0 unspecified atom stereocenters. The van der Waals surface area contributed by atoms with Gasteiger partial charge in [-0.25, -0.2) is 0 Å². The predicted octanol–water partition coefficient (Wildman–Crippen LogP) is 5.75. The number of nitrogens with zero attached hydrogens (tertiary/aromatic N) is 4. The first kappa shape index (κ1) is 24.4. The van der Waals surface area contributed by atoms with E-state index in [0.29, 0.717) is 16.3 Å². The van der Waals surface area contributed by atoms with Gasteiger partial charge in [0.05, 0.1) is 28.1 Å². The lowest BCUT2D eigenvalue weighted by Crippen LogP contribution is -2.13. The summed E-state index contributed by atoms with van der Waals surface area (Å²) in [6.07, 6.45) is 2.43. The smallest absolute Gasteiger partial charge is 0.307 e. The molecule has 1 amide bonds. The highest BCUT2D eigenvalue weighted by Gasteiger charge is 2.15. The summed E-state index contributed by atoms with van der Waals surface area (Å²) in [7, 11) is 0. The third-order valence-corrected chi connectivity index (χ3v) is 5.51. The minimum atomic E-state index is -0.584. The zero-order valence-electron chi connectivity index (χ0n) is 18.8. The summed E-state index contributed by atoms with van der Waals surface area (Å²) in [4.78, 5) is 34.1. The number of rotatable bonds is 8. The van der Waals surface area contributed by atoms with E-state index in [9.17, 15) is 25.0 Å². The van der Waals surface area contributed by atoms with Gasteiger partial charge in [-0.1, -0.05) is 23.7 Å². The number of anilines is 1. The van der Waals surface area contributed by atoms with E-state index < -0.39 is 15.8 Å². The molecule has 0 saturated heterocycles. The van der Waals surface area contributed by atoms with Crippen molar-refractivity contribution >= 4 is 34.6 Å². The van der Waals surface area contributed by atoms with Gasteiger partial charge in [0, 0.05) is 22.7 Å². The fourth-order valence-corrected chi connectivity index (χ4v) is 3.49. The van der Waals surface area contributed by atoms with Crippen LogP contribution in [0.25, 0.3) is 0 Å². The molecular formula is C24H18ClN5O6. The van der Waals surface area contributed by atoms with Crippen LogP contribution in [0.4, 0.5) is 17.1 Å². The number of nitro groups is 2. The highest BCUT2D eigenvalue weighted by atomic mass is 35.5. The van der Waals surface area contributed by atoms with Gasteiger partial charge >= 0.3 is 5.69 Å². The summed E-state index contributed by atoms with van der Waals surface area (Å²) in [5, 5.41) is 29.4. The van der Waals surface area contributed by atoms with E-state index in [4.69, 9.17) is 16.3 Å². The summed E-state index contributed by atoms with van der Waals surface area (Å²) in [5.41, 5.74) is 1.52. The molecule has 4 aromatic rings. The number of hydrogen-bond acceptors (Lipinski definition) is 7. The van der Waals surface area contributed by atoms with Crippen LogP contribution in [0.3, 0.4) is 0 Å². The van der Waals surface area contributed by atoms with Gasteiger partial charge in [-0.05, 0) is 48.4 Å². The van der Waals surface area contributed by atoms with Crippen molar-refractivity contribution in [3.05, 3.63) is 115 Å². The number of ether oxygens (including phenoxy) is 1. The van der Waals surface area contributed by atoms with Crippen molar-refractivity contribution in [3.8, 4) is 11.5 Å². The van der Waals surface area contributed by atoms with Crippen LogP contribution in [-0.2, 0) is 6.54 Å². The number of amides is 1. The van der Waals surface area contributed by atoms with Crippen molar-refractivity contribution in [1.29, 1.82) is 0 Å². The normalized spacial score (nSPS) is 10.6. The summed E-state index contributed by atoms with van der Waals surface area (Å²) in [5.74, 6) is 0.0913. The van der Waals surface area contributed by atoms with E-state index in [1.165, 1.54) is 29.1 Å². The van der Waals surface area contributed by atoms with Crippen LogP contribution in [0.15, 0.2) is 73.1 Å². The molecule has 1 heterocycles. The molecule has 0 radical (unpaired) electrons. The molecule has 1 N–H and O–H groups in total. The first-order chi connectivity index (χ1) is 17.2. The Morgan fingerprint density at radius 2 is 1.81 bits per heavy atom. The number of aromatic nitrogens is 2. The number of carbonyl (C=O) groups is 1. The van der Waals surface area contributed by atoms with Gasteiger partial charge in [0.15, 0.2) is 0 Å². The van der Waals surface area contributed by atoms with Gasteiger partial charge in [-0.15, -0.1) is 0 Å². The van der Waals surface area contributed by atoms with Gasteiger partial charge in [0.2, 0.25) is 0 Å². The number of non-ortho nitro benzene ring substituents is 1. The largest absolute Gasteiger partial charge is 0.457 e. The van der Waals surface area contributed by atoms with Crippen molar-refractivity contribution in [2.24, 2.45) is 0 Å². The Labute approximate surface area is 209 Å². The number of nitrogens with one attached hydrogen (secondary N) is 1. The Hall–Kier alpha value is -4.77. The van der Waals surface area contributed by atoms with Crippen LogP contribution in [0.1, 0.15) is 21.5 Å². The predicted molar refractivity (Wildman–Crippen MR) is 132 cm³/mol. The number of benzene rings is 3. The fraction of sp³-hybridized carbons (Fsp3) is 0.0833. The second-order valence-electron chi connectivity index (χ2n) is 7.79. The minimum absolute atomic E-state index is 0.138. The van der Waals surface area contributed by atoms with Crippen LogP contribution in [0.5, 0.6) is 11.5 Å². The number of carbonyl (C=O) groups excluding carboxylic acids is 1. The van der Waals surface area contributed by atoms with Crippen molar-refractivity contribution in [3.63, 3.8) is 0 Å². The molecule has 0 aliphatic rings. The third kappa shape index (κ3) is 5.83. The molecule has 1 aromatic heterocycles. The molecule has 0 aliphatic heterocycles. The Morgan fingerprint density at radius 1 is 1.03 bits per heavy atom. The number of hydrogen-bond donors (Lipinski definition) is 1. The van der Waals surface area contributed by atoms with Crippen LogP contribution < -0.4 is 10.1 Å². The average Bonchev–Trinajstić information content (AvgIpc) is 3.30. The maximum absolute atomic E-state index is 12.9. The van der Waals surface area contributed by atoms with Crippen LogP contribution in [0, 0.1) is 27.2 Å². The standard InChI is InChI=1S/C24H18ClN5O6/c1-15-7-21(5-6-23(15)25)36-22-10-18(9-19(11-22)29(32)33)27-24(31)17-4-2-3-16(8-17)13-28-14-20(12-26-28)30(34)35/h2-12,14H,13H2,1H3,(H,27,31). The topological polar surface area (TPSA) is 142 Å². The van der Waals surface area contributed by atoms with E-state index in [1.54, 1.807) is 49.4 Å². The highest BCUT2D eigenvalue weighted by Crippen LogP contribution is 2.31. The Balaban J connectivity index is 1.54. The SMILES string of the molecule is Cc1cc(Oc2cc(NC(=O)c3cccc(Cn4cc([N+](=O)[O-])cn4)c3)cc([N+](=O)[O-])c2)ccc1Cl. The van der Waals surface area contributed by atoms with Gasteiger partial charge in [-0.2, -0.15) is 5.10 Å². The van der Waals surface area contributed by atoms with Crippen molar-refractivity contribution in [2.45, 2.75) is 13.5 Å². The van der Waals surface area contributed by atoms with E-state index in [0.717, 1.165) is 11.8 Å². The second kappa shape index (κ2) is 10.2. The van der Waals surface area contributed by atoms with Crippen LogP contribution in [-0.4, -0.2) is 25.5 Å². The van der Waals surface area contributed by atoms with Crippen molar-refractivity contribution in [2.75, 3.05) is 5.32 Å². The molecule has 0 spiro atoms. The van der Waals surface area contributed by atoms with Crippen molar-refractivity contribution in [1.82, 2.24) is 9.78 Å². The summed E-state index contributed by atoms with van der Waals surface area (Å²) in [6, 6.07) is 15.5. The maximum atomic E-state index is 12.9. The molecule has 0 bridgehead atoms. The monoisotopic (exact) mass is 507 g/mol. The summed E-state index contributed by atoms with van der Waals surface area (Å²) < 4.78 is 7.15. The maximum Gasteiger partial charge on any atom is 0.307 e. The zero-order chi connectivity index (χ0) is 25.8. The van der Waals surface area contributed by atoms with E-state index in [1.807, 2.05) is 0 Å². The first-order valence-electron chi connectivity index (χ1n) is 10.5. The molecule has 3 aromatic carbocycles. The Kier molecular flexibility index (Phi) is 6.93. The molecule has 0 saturated carbocycles. The summed E-state index contributed by atoms with van der Waals surface area (Å²) in [6.45, 7) is 2.01. The lowest BCUT2D eigenvalue weighted by Gasteiger charge is -2.11. The molecule has 0 fully saturated rings. The van der Waals surface area contributed by atoms with E-state index in [-0.39, 0.29) is 34.9 Å². The molecule has 0 atom stereocenters. The van der Waals surface area contributed by atoms with Crippen molar-refractivity contribution < 1.29 is 19.4 Å². The molecule has 11 nitrogen and oxygen atoms in total. The average molecular weight is 508 g/mol. The third-order valence-electron chi connectivity index (χ3n) is 5.09. The number of aryl methyl sites for hydroxylation is 1. The van der Waals surface area contributed by atoms with Gasteiger partial charge in [-0.3, -0.25) is 29.7 Å². The highest BCUT2D eigenvalue weighted by molar-refractivity contribution is 6.31.